The average Bonchev–Trinajstić information content (AvgIpc) is 3.18. The molecule has 2 unspecified atom stereocenters. The van der Waals surface area contributed by atoms with Crippen molar-refractivity contribution in [3.63, 3.8) is 0 Å². The number of rotatable bonds is 7. The first-order valence-corrected chi connectivity index (χ1v) is 10.5. The van der Waals surface area contributed by atoms with Crippen molar-refractivity contribution in [1.82, 2.24) is 10.6 Å². The molecule has 0 aliphatic carbocycles. The van der Waals surface area contributed by atoms with Crippen LogP contribution in [0.4, 0.5) is 0 Å². The van der Waals surface area contributed by atoms with E-state index in [0.717, 1.165) is 5.56 Å². The summed E-state index contributed by atoms with van der Waals surface area (Å²) in [6.45, 7) is 6.73. The van der Waals surface area contributed by atoms with E-state index in [4.69, 9.17) is 4.74 Å². The first-order valence-electron chi connectivity index (χ1n) is 10.5. The second-order valence-electron chi connectivity index (χ2n) is 9.01. The lowest BCUT2D eigenvalue weighted by Gasteiger charge is -2.21. The summed E-state index contributed by atoms with van der Waals surface area (Å²) in [5.74, 6) is -0.349. The standard InChI is InChI=1S/C25H30N2O4/c1-25(2,3)19-9-5-16(6-10-19)13-21(28)23(17-7-11-20(31-4)12-8-17)27-24(30)18-14-22(29)26-15-18/h5-12,18,23H,13-15H2,1-4H3,(H,26,29)(H,27,30). The van der Waals surface area contributed by atoms with Crippen molar-refractivity contribution < 1.29 is 19.1 Å². The van der Waals surface area contributed by atoms with Gasteiger partial charge in [-0.25, -0.2) is 0 Å². The van der Waals surface area contributed by atoms with Crippen LogP contribution in [0, 0.1) is 5.92 Å². The highest BCUT2D eigenvalue weighted by Gasteiger charge is 2.31. The number of ether oxygens (including phenoxy) is 1. The molecule has 2 amide bonds. The van der Waals surface area contributed by atoms with Crippen molar-refractivity contribution in [2.75, 3.05) is 13.7 Å². The summed E-state index contributed by atoms with van der Waals surface area (Å²) in [4.78, 5) is 37.5. The summed E-state index contributed by atoms with van der Waals surface area (Å²) < 4.78 is 5.20. The van der Waals surface area contributed by atoms with Crippen molar-refractivity contribution in [3.8, 4) is 5.75 Å². The number of nitrogens with one attached hydrogen (secondary N) is 2. The zero-order chi connectivity index (χ0) is 22.6. The Morgan fingerprint density at radius 2 is 1.74 bits per heavy atom. The van der Waals surface area contributed by atoms with Gasteiger partial charge in [-0.05, 0) is 34.2 Å². The van der Waals surface area contributed by atoms with Gasteiger partial charge in [0.05, 0.1) is 13.0 Å². The lowest BCUT2D eigenvalue weighted by atomic mass is 9.86. The SMILES string of the molecule is COc1ccc(C(NC(=O)C2CNC(=O)C2)C(=O)Cc2ccc(C(C)(C)C)cc2)cc1. The van der Waals surface area contributed by atoms with Crippen LogP contribution in [0.2, 0.25) is 0 Å². The Labute approximate surface area is 183 Å². The zero-order valence-corrected chi connectivity index (χ0v) is 18.5. The largest absolute Gasteiger partial charge is 0.497 e. The Morgan fingerprint density at radius 3 is 2.26 bits per heavy atom. The lowest BCUT2D eigenvalue weighted by Crippen LogP contribution is -2.39. The molecule has 3 rings (SSSR count). The van der Waals surface area contributed by atoms with E-state index in [0.29, 0.717) is 17.9 Å². The first-order chi connectivity index (χ1) is 14.7. The molecule has 1 aliphatic rings. The molecule has 0 aromatic heterocycles. The van der Waals surface area contributed by atoms with Gasteiger partial charge >= 0.3 is 0 Å². The number of carbonyl (C=O) groups is 3. The van der Waals surface area contributed by atoms with Crippen LogP contribution in [0.15, 0.2) is 48.5 Å². The average molecular weight is 423 g/mol. The van der Waals surface area contributed by atoms with Gasteiger partial charge in [0.15, 0.2) is 5.78 Å². The van der Waals surface area contributed by atoms with Crippen molar-refractivity contribution in [1.29, 1.82) is 0 Å². The molecule has 2 aromatic rings. The van der Waals surface area contributed by atoms with Gasteiger partial charge in [0, 0.05) is 19.4 Å². The van der Waals surface area contributed by atoms with Crippen LogP contribution < -0.4 is 15.4 Å². The summed E-state index contributed by atoms with van der Waals surface area (Å²) in [6, 6.07) is 14.3. The van der Waals surface area contributed by atoms with Gasteiger partial charge in [-0.2, -0.15) is 0 Å². The van der Waals surface area contributed by atoms with E-state index in [1.165, 1.54) is 5.56 Å². The van der Waals surface area contributed by atoms with Crippen LogP contribution in [0.1, 0.15) is 49.9 Å². The summed E-state index contributed by atoms with van der Waals surface area (Å²) >= 11 is 0. The van der Waals surface area contributed by atoms with Gasteiger partial charge in [0.1, 0.15) is 11.8 Å². The minimum absolute atomic E-state index is 0.0366. The predicted octanol–water partition coefficient (Wildman–Crippen LogP) is 3.10. The second kappa shape index (κ2) is 9.33. The molecule has 0 spiro atoms. The fourth-order valence-electron chi connectivity index (χ4n) is 3.62. The van der Waals surface area contributed by atoms with Crippen molar-refractivity contribution in [3.05, 3.63) is 65.2 Å². The predicted molar refractivity (Wildman–Crippen MR) is 119 cm³/mol. The zero-order valence-electron chi connectivity index (χ0n) is 18.5. The number of methoxy groups -OCH3 is 1. The van der Waals surface area contributed by atoms with Gasteiger partial charge in [0.25, 0.3) is 0 Å². The van der Waals surface area contributed by atoms with E-state index in [-0.39, 0.29) is 35.9 Å². The van der Waals surface area contributed by atoms with Crippen LogP contribution in [0.5, 0.6) is 5.75 Å². The molecule has 0 bridgehead atoms. The molecule has 6 heteroatoms. The molecular formula is C25H30N2O4. The topological polar surface area (TPSA) is 84.5 Å². The van der Waals surface area contributed by atoms with E-state index in [2.05, 4.69) is 31.4 Å². The van der Waals surface area contributed by atoms with Gasteiger partial charge in [0.2, 0.25) is 11.8 Å². The Kier molecular flexibility index (Phi) is 6.78. The normalized spacial score (nSPS) is 17.0. The van der Waals surface area contributed by atoms with E-state index in [1.807, 2.05) is 24.3 Å². The third-order valence-corrected chi connectivity index (χ3v) is 5.60. The molecule has 164 valence electrons. The van der Waals surface area contributed by atoms with Crippen LogP contribution in [0.25, 0.3) is 0 Å². The molecule has 2 atom stereocenters. The summed E-state index contributed by atoms with van der Waals surface area (Å²) in [6.07, 6.45) is 0.340. The molecule has 31 heavy (non-hydrogen) atoms. The summed E-state index contributed by atoms with van der Waals surface area (Å²) in [5, 5.41) is 5.53. The maximum atomic E-state index is 13.2. The highest BCUT2D eigenvalue weighted by molar-refractivity contribution is 5.94. The number of benzene rings is 2. The van der Waals surface area contributed by atoms with Gasteiger partial charge in [-0.15, -0.1) is 0 Å². The van der Waals surface area contributed by atoms with Crippen LogP contribution in [-0.2, 0) is 26.2 Å². The lowest BCUT2D eigenvalue weighted by molar-refractivity contribution is -0.130. The van der Waals surface area contributed by atoms with Gasteiger partial charge < -0.3 is 15.4 Å². The highest BCUT2D eigenvalue weighted by atomic mass is 16.5. The maximum Gasteiger partial charge on any atom is 0.226 e. The smallest absolute Gasteiger partial charge is 0.226 e. The Bertz CT molecular complexity index is 943. The number of carbonyl (C=O) groups excluding carboxylic acids is 3. The van der Waals surface area contributed by atoms with Gasteiger partial charge in [-0.1, -0.05) is 57.2 Å². The molecule has 6 nitrogen and oxygen atoms in total. The quantitative estimate of drug-likeness (QED) is 0.718. The Hall–Kier alpha value is -3.15. The third kappa shape index (κ3) is 5.72. The van der Waals surface area contributed by atoms with E-state index >= 15 is 0 Å². The first kappa shape index (κ1) is 22.5. The minimum Gasteiger partial charge on any atom is -0.497 e. The van der Waals surface area contributed by atoms with Crippen LogP contribution in [0.3, 0.4) is 0 Å². The van der Waals surface area contributed by atoms with Gasteiger partial charge in [-0.3, -0.25) is 14.4 Å². The molecule has 2 N–H and O–H groups in total. The monoisotopic (exact) mass is 422 g/mol. The van der Waals surface area contributed by atoms with E-state index < -0.39 is 12.0 Å². The van der Waals surface area contributed by atoms with E-state index in [9.17, 15) is 14.4 Å². The molecule has 0 saturated carbocycles. The molecule has 1 heterocycles. The molecule has 1 aliphatic heterocycles. The minimum atomic E-state index is -0.795. The fraction of sp³-hybridized carbons (Fsp3) is 0.400. The maximum absolute atomic E-state index is 13.2. The number of hydrogen-bond donors (Lipinski definition) is 2. The van der Waals surface area contributed by atoms with Crippen LogP contribution >= 0.6 is 0 Å². The Morgan fingerprint density at radius 1 is 1.10 bits per heavy atom. The van der Waals surface area contributed by atoms with Crippen molar-refractivity contribution in [2.45, 2.75) is 45.1 Å². The third-order valence-electron chi connectivity index (χ3n) is 5.60. The fourth-order valence-corrected chi connectivity index (χ4v) is 3.62. The summed E-state index contributed by atoms with van der Waals surface area (Å²) in [5.41, 5.74) is 2.81. The van der Waals surface area contributed by atoms with Crippen molar-refractivity contribution >= 4 is 17.6 Å². The number of ketones is 1. The molecule has 1 saturated heterocycles. The highest BCUT2D eigenvalue weighted by Crippen LogP contribution is 2.24. The molecular weight excluding hydrogens is 392 g/mol. The van der Waals surface area contributed by atoms with Crippen LogP contribution in [-0.4, -0.2) is 31.3 Å². The second-order valence-corrected chi connectivity index (χ2v) is 9.01. The molecule has 0 radical (unpaired) electrons. The molecule has 1 fully saturated rings. The van der Waals surface area contributed by atoms with Crippen molar-refractivity contribution in [2.24, 2.45) is 5.92 Å². The number of amides is 2. The Balaban J connectivity index is 1.79. The summed E-state index contributed by atoms with van der Waals surface area (Å²) in [7, 11) is 1.57. The number of hydrogen-bond acceptors (Lipinski definition) is 4. The number of Topliss-reactive ketones (excluding diaryl/α,β-unsaturated/α-hetero) is 1. The van der Waals surface area contributed by atoms with E-state index in [1.54, 1.807) is 31.4 Å². The molecule has 2 aromatic carbocycles.